The van der Waals surface area contributed by atoms with E-state index in [0.717, 1.165) is 0 Å². The average Bonchev–Trinajstić information content (AvgIpc) is 2.56. The second-order valence-corrected chi connectivity index (χ2v) is 5.19. The van der Waals surface area contributed by atoms with Crippen molar-refractivity contribution in [2.24, 2.45) is 5.10 Å². The van der Waals surface area contributed by atoms with Crippen molar-refractivity contribution in [2.75, 3.05) is 5.32 Å². The molecule has 2 amide bonds. The van der Waals surface area contributed by atoms with E-state index in [1.807, 2.05) is 6.07 Å². The summed E-state index contributed by atoms with van der Waals surface area (Å²) < 4.78 is 0. The van der Waals surface area contributed by atoms with E-state index in [1.54, 1.807) is 43.3 Å². The van der Waals surface area contributed by atoms with Crippen LogP contribution in [0.25, 0.3) is 0 Å². The Morgan fingerprint density at radius 2 is 1.88 bits per heavy atom. The third-order valence-electron chi connectivity index (χ3n) is 3.21. The molecule has 0 saturated carbocycles. The first-order chi connectivity index (χ1) is 12.0. The molecule has 0 aliphatic rings. The maximum atomic E-state index is 11.7. The van der Waals surface area contributed by atoms with Crippen LogP contribution in [0.1, 0.15) is 17.5 Å². The largest absolute Gasteiger partial charge is 0.326 e. The van der Waals surface area contributed by atoms with Gasteiger partial charge in [0.1, 0.15) is 6.42 Å². The van der Waals surface area contributed by atoms with Crippen molar-refractivity contribution in [3.63, 3.8) is 0 Å². The number of nitro benzene ring substituents is 1. The first-order valence-electron chi connectivity index (χ1n) is 7.37. The number of carbonyl (C=O) groups is 2. The SMILES string of the molecule is Cc1ccc(C=NNC(=O)CC(=O)Nc2ccccc2)cc1[N+](=O)[O-]. The lowest BCUT2D eigenvalue weighted by Crippen LogP contribution is -2.24. The van der Waals surface area contributed by atoms with Gasteiger partial charge in [0.25, 0.3) is 5.69 Å². The lowest BCUT2D eigenvalue weighted by molar-refractivity contribution is -0.385. The molecule has 0 atom stereocenters. The van der Waals surface area contributed by atoms with Crippen LogP contribution in [0.15, 0.2) is 53.6 Å². The molecule has 8 heteroatoms. The van der Waals surface area contributed by atoms with Crippen molar-refractivity contribution in [3.8, 4) is 0 Å². The summed E-state index contributed by atoms with van der Waals surface area (Å²) in [6.45, 7) is 1.63. The Hall–Kier alpha value is -3.55. The summed E-state index contributed by atoms with van der Waals surface area (Å²) in [6, 6.07) is 13.3. The van der Waals surface area contributed by atoms with E-state index in [4.69, 9.17) is 0 Å². The van der Waals surface area contributed by atoms with Crippen LogP contribution >= 0.6 is 0 Å². The molecule has 2 rings (SSSR count). The standard InChI is InChI=1S/C17H16N4O4/c1-12-7-8-13(9-15(12)21(24)25)11-18-20-17(23)10-16(22)19-14-5-3-2-4-6-14/h2-9,11H,10H2,1H3,(H,19,22)(H,20,23). The Balaban J connectivity index is 1.87. The van der Waals surface area contributed by atoms with Crippen LogP contribution in [-0.2, 0) is 9.59 Å². The fraction of sp³-hybridized carbons (Fsp3) is 0.118. The van der Waals surface area contributed by atoms with Crippen molar-refractivity contribution in [2.45, 2.75) is 13.3 Å². The van der Waals surface area contributed by atoms with Crippen LogP contribution in [0.5, 0.6) is 0 Å². The molecule has 0 unspecified atom stereocenters. The molecule has 0 bridgehead atoms. The van der Waals surface area contributed by atoms with Gasteiger partial charge in [0.05, 0.1) is 11.1 Å². The number of aryl methyl sites for hydroxylation is 1. The third kappa shape index (κ3) is 5.54. The molecule has 0 aliphatic heterocycles. The molecule has 2 aromatic rings. The first-order valence-corrected chi connectivity index (χ1v) is 7.37. The number of nitro groups is 1. The van der Waals surface area contributed by atoms with Crippen molar-refractivity contribution in [1.29, 1.82) is 0 Å². The summed E-state index contributed by atoms with van der Waals surface area (Å²) in [5.41, 5.74) is 3.77. The van der Waals surface area contributed by atoms with E-state index < -0.39 is 16.7 Å². The van der Waals surface area contributed by atoms with Gasteiger partial charge in [-0.3, -0.25) is 19.7 Å². The maximum absolute atomic E-state index is 11.7. The number of para-hydroxylation sites is 1. The van der Waals surface area contributed by atoms with E-state index in [0.29, 0.717) is 16.8 Å². The van der Waals surface area contributed by atoms with Gasteiger partial charge in [-0.15, -0.1) is 0 Å². The van der Waals surface area contributed by atoms with Gasteiger partial charge in [-0.05, 0) is 19.1 Å². The fourth-order valence-electron chi connectivity index (χ4n) is 1.99. The van der Waals surface area contributed by atoms with Crippen molar-refractivity contribution in [3.05, 3.63) is 69.8 Å². The van der Waals surface area contributed by atoms with Crippen molar-refractivity contribution in [1.82, 2.24) is 5.43 Å². The molecular formula is C17H16N4O4. The second-order valence-electron chi connectivity index (χ2n) is 5.19. The molecule has 0 spiro atoms. The predicted octanol–water partition coefficient (Wildman–Crippen LogP) is 2.38. The first kappa shape index (κ1) is 17.8. The Kier molecular flexibility index (Phi) is 5.94. The highest BCUT2D eigenvalue weighted by Gasteiger charge is 2.11. The third-order valence-corrected chi connectivity index (χ3v) is 3.21. The van der Waals surface area contributed by atoms with Gasteiger partial charge in [0.15, 0.2) is 0 Å². The van der Waals surface area contributed by atoms with Crippen LogP contribution in [-0.4, -0.2) is 23.0 Å². The lowest BCUT2D eigenvalue weighted by Gasteiger charge is -2.04. The quantitative estimate of drug-likeness (QED) is 0.364. The summed E-state index contributed by atoms with van der Waals surface area (Å²) in [7, 11) is 0. The molecule has 2 N–H and O–H groups in total. The van der Waals surface area contributed by atoms with Crippen molar-refractivity contribution >= 4 is 29.4 Å². The molecule has 0 aliphatic carbocycles. The Labute approximate surface area is 143 Å². The number of hydrogen-bond donors (Lipinski definition) is 2. The van der Waals surface area contributed by atoms with E-state index in [9.17, 15) is 19.7 Å². The number of anilines is 1. The van der Waals surface area contributed by atoms with Gasteiger partial charge < -0.3 is 5.32 Å². The average molecular weight is 340 g/mol. The van der Waals surface area contributed by atoms with Crippen molar-refractivity contribution < 1.29 is 14.5 Å². The molecule has 0 saturated heterocycles. The van der Waals surface area contributed by atoms with Gasteiger partial charge in [-0.2, -0.15) is 5.10 Å². The maximum Gasteiger partial charge on any atom is 0.272 e. The molecule has 8 nitrogen and oxygen atoms in total. The van der Waals surface area contributed by atoms with E-state index in [-0.39, 0.29) is 12.1 Å². The molecule has 25 heavy (non-hydrogen) atoms. The summed E-state index contributed by atoms with van der Waals surface area (Å²) in [5, 5.41) is 17.2. The zero-order chi connectivity index (χ0) is 18.2. The molecule has 0 heterocycles. The molecule has 2 aromatic carbocycles. The van der Waals surface area contributed by atoms with Crippen LogP contribution in [0.2, 0.25) is 0 Å². The number of hydrazone groups is 1. The minimum atomic E-state index is -0.591. The Morgan fingerprint density at radius 3 is 2.56 bits per heavy atom. The topological polar surface area (TPSA) is 114 Å². The van der Waals surface area contributed by atoms with Crippen LogP contribution in [0.3, 0.4) is 0 Å². The highest BCUT2D eigenvalue weighted by Crippen LogP contribution is 2.18. The number of nitrogens with zero attached hydrogens (tertiary/aromatic N) is 2. The highest BCUT2D eigenvalue weighted by molar-refractivity contribution is 6.03. The summed E-state index contributed by atoms with van der Waals surface area (Å²) in [6.07, 6.45) is 0.889. The Morgan fingerprint density at radius 1 is 1.16 bits per heavy atom. The Bertz CT molecular complexity index is 819. The number of rotatable bonds is 6. The summed E-state index contributed by atoms with van der Waals surface area (Å²) in [4.78, 5) is 33.8. The minimum absolute atomic E-state index is 0.0301. The number of carbonyl (C=O) groups excluding carboxylic acids is 2. The number of benzene rings is 2. The fourth-order valence-corrected chi connectivity index (χ4v) is 1.99. The zero-order valence-electron chi connectivity index (χ0n) is 13.4. The molecular weight excluding hydrogens is 324 g/mol. The molecule has 0 radical (unpaired) electrons. The summed E-state index contributed by atoms with van der Waals surface area (Å²) in [5.74, 6) is -1.06. The van der Waals surface area contributed by atoms with Crippen LogP contribution in [0, 0.1) is 17.0 Å². The highest BCUT2D eigenvalue weighted by atomic mass is 16.6. The normalized spacial score (nSPS) is 10.4. The number of nitrogens with one attached hydrogen (secondary N) is 2. The molecule has 0 aromatic heterocycles. The van der Waals surface area contributed by atoms with E-state index in [2.05, 4.69) is 15.8 Å². The number of amides is 2. The van der Waals surface area contributed by atoms with E-state index in [1.165, 1.54) is 12.3 Å². The number of hydrogen-bond acceptors (Lipinski definition) is 5. The lowest BCUT2D eigenvalue weighted by atomic mass is 10.1. The van der Waals surface area contributed by atoms with E-state index >= 15 is 0 Å². The zero-order valence-corrected chi connectivity index (χ0v) is 13.4. The molecule has 128 valence electrons. The van der Waals surface area contributed by atoms with Gasteiger partial charge in [0.2, 0.25) is 11.8 Å². The predicted molar refractivity (Wildman–Crippen MR) is 93.3 cm³/mol. The van der Waals surface area contributed by atoms with Crippen LogP contribution in [0.4, 0.5) is 11.4 Å². The molecule has 0 fully saturated rings. The smallest absolute Gasteiger partial charge is 0.272 e. The van der Waals surface area contributed by atoms with Gasteiger partial charge in [0, 0.05) is 22.9 Å². The van der Waals surface area contributed by atoms with Gasteiger partial charge >= 0.3 is 0 Å². The second kappa shape index (κ2) is 8.34. The van der Waals surface area contributed by atoms with Crippen LogP contribution < -0.4 is 10.7 Å². The minimum Gasteiger partial charge on any atom is -0.326 e. The van der Waals surface area contributed by atoms with Gasteiger partial charge in [-0.1, -0.05) is 30.3 Å². The monoisotopic (exact) mass is 340 g/mol. The summed E-state index contributed by atoms with van der Waals surface area (Å²) >= 11 is 0. The van der Waals surface area contributed by atoms with Gasteiger partial charge in [-0.25, -0.2) is 5.43 Å².